The van der Waals surface area contributed by atoms with Gasteiger partial charge in [-0.2, -0.15) is 0 Å². The third kappa shape index (κ3) is 1.80. The molecule has 0 radical (unpaired) electrons. The van der Waals surface area contributed by atoms with Crippen molar-refractivity contribution in [3.8, 4) is 0 Å². The first-order valence-corrected chi connectivity index (χ1v) is 6.72. The quantitative estimate of drug-likeness (QED) is 0.758. The molecule has 1 fully saturated rings. The van der Waals surface area contributed by atoms with E-state index in [0.717, 1.165) is 10.2 Å². The zero-order chi connectivity index (χ0) is 11.2. The Hall–Kier alpha value is -0.760. The number of hydrogen-bond acceptors (Lipinski definition) is 1. The van der Waals surface area contributed by atoms with Gasteiger partial charge in [-0.1, -0.05) is 22.0 Å². The summed E-state index contributed by atoms with van der Waals surface area (Å²) in [5.41, 5.74) is 10.3. The molecule has 1 saturated carbocycles. The van der Waals surface area contributed by atoms with Crippen LogP contribution in [0.3, 0.4) is 0 Å². The van der Waals surface area contributed by atoms with E-state index in [0.29, 0.717) is 5.41 Å². The predicted molar refractivity (Wildman–Crippen MR) is 72.0 cm³/mol. The van der Waals surface area contributed by atoms with Gasteiger partial charge in [0.25, 0.3) is 0 Å². The number of hydrogen-bond donors (Lipinski definition) is 1. The maximum atomic E-state index is 6.04. The van der Waals surface area contributed by atoms with E-state index in [9.17, 15) is 0 Å². The molecule has 0 amide bonds. The number of rotatable bonds is 1. The van der Waals surface area contributed by atoms with E-state index < -0.39 is 0 Å². The molecule has 0 saturated heterocycles. The van der Waals surface area contributed by atoms with E-state index in [1.165, 1.54) is 43.2 Å². The predicted octanol–water partition coefficient (Wildman–Crippen LogP) is 4.38. The van der Waals surface area contributed by atoms with E-state index in [2.05, 4.69) is 28.1 Å². The van der Waals surface area contributed by atoms with Crippen LogP contribution in [0.1, 0.15) is 37.7 Å². The van der Waals surface area contributed by atoms with Crippen molar-refractivity contribution < 1.29 is 0 Å². The third-order valence-corrected chi connectivity index (χ3v) is 4.52. The monoisotopic (exact) mass is 277 g/mol. The summed E-state index contributed by atoms with van der Waals surface area (Å²) in [5.74, 6) is 0. The Morgan fingerprint density at radius 1 is 1.19 bits per heavy atom. The molecule has 2 aliphatic carbocycles. The Morgan fingerprint density at radius 2 is 2.00 bits per heavy atom. The van der Waals surface area contributed by atoms with Crippen LogP contribution in [0.15, 0.2) is 28.7 Å². The van der Waals surface area contributed by atoms with Crippen molar-refractivity contribution >= 4 is 27.2 Å². The summed E-state index contributed by atoms with van der Waals surface area (Å²) in [5, 5.41) is 0. The normalized spacial score (nSPS) is 21.9. The molecular formula is C14H16BrN. The SMILES string of the molecule is Nc1ccc(Br)cc1C1=CCC2(CC1)CC2. The zero-order valence-electron chi connectivity index (χ0n) is 9.30. The minimum atomic E-state index is 0.699. The molecule has 3 rings (SSSR count). The van der Waals surface area contributed by atoms with Gasteiger partial charge in [0.2, 0.25) is 0 Å². The van der Waals surface area contributed by atoms with Crippen LogP contribution < -0.4 is 5.73 Å². The molecule has 1 nitrogen and oxygen atoms in total. The van der Waals surface area contributed by atoms with E-state index in [4.69, 9.17) is 5.73 Å². The highest BCUT2D eigenvalue weighted by Crippen LogP contribution is 2.56. The van der Waals surface area contributed by atoms with E-state index in [1.54, 1.807) is 0 Å². The second-order valence-corrected chi connectivity index (χ2v) is 6.08. The largest absolute Gasteiger partial charge is 0.398 e. The van der Waals surface area contributed by atoms with Crippen molar-refractivity contribution in [1.82, 2.24) is 0 Å². The van der Waals surface area contributed by atoms with Crippen LogP contribution in [0.25, 0.3) is 5.57 Å². The van der Waals surface area contributed by atoms with E-state index >= 15 is 0 Å². The molecular weight excluding hydrogens is 262 g/mol. The van der Waals surface area contributed by atoms with Gasteiger partial charge in [-0.15, -0.1) is 0 Å². The maximum Gasteiger partial charge on any atom is 0.0391 e. The fraction of sp³-hybridized carbons (Fsp3) is 0.429. The lowest BCUT2D eigenvalue weighted by molar-refractivity contribution is 0.466. The Kier molecular flexibility index (Phi) is 2.36. The lowest BCUT2D eigenvalue weighted by Crippen LogP contribution is -2.06. The fourth-order valence-corrected chi connectivity index (χ4v) is 2.99. The Bertz CT molecular complexity index is 458. The minimum Gasteiger partial charge on any atom is -0.398 e. The van der Waals surface area contributed by atoms with Gasteiger partial charge in [-0.3, -0.25) is 0 Å². The molecule has 1 aromatic carbocycles. The average molecular weight is 278 g/mol. The number of nitrogen functional groups attached to an aromatic ring is 1. The summed E-state index contributed by atoms with van der Waals surface area (Å²) in [6, 6.07) is 6.14. The van der Waals surface area contributed by atoms with Crippen molar-refractivity contribution in [3.05, 3.63) is 34.3 Å². The molecule has 0 aromatic heterocycles. The van der Waals surface area contributed by atoms with Gasteiger partial charge < -0.3 is 5.73 Å². The zero-order valence-corrected chi connectivity index (χ0v) is 10.9. The standard InChI is InChI=1S/C14H16BrN/c15-11-1-2-13(16)12(9-11)10-3-5-14(6-4-10)7-8-14/h1-3,9H,4-8,16H2. The first kappa shape index (κ1) is 10.4. The van der Waals surface area contributed by atoms with Crippen molar-refractivity contribution in [2.75, 3.05) is 5.73 Å². The molecule has 0 aliphatic heterocycles. The van der Waals surface area contributed by atoms with Crippen LogP contribution in [0.2, 0.25) is 0 Å². The molecule has 2 N–H and O–H groups in total. The van der Waals surface area contributed by atoms with Gasteiger partial charge in [0.05, 0.1) is 0 Å². The van der Waals surface area contributed by atoms with Crippen LogP contribution in [0.4, 0.5) is 5.69 Å². The number of nitrogens with two attached hydrogens (primary N) is 1. The molecule has 84 valence electrons. The van der Waals surface area contributed by atoms with Gasteiger partial charge in [0.1, 0.15) is 0 Å². The third-order valence-electron chi connectivity index (χ3n) is 4.02. The molecule has 1 aromatic rings. The van der Waals surface area contributed by atoms with Crippen LogP contribution in [-0.2, 0) is 0 Å². The fourth-order valence-electron chi connectivity index (χ4n) is 2.63. The summed E-state index contributed by atoms with van der Waals surface area (Å²) >= 11 is 3.51. The van der Waals surface area contributed by atoms with Gasteiger partial charge in [-0.25, -0.2) is 0 Å². The minimum absolute atomic E-state index is 0.699. The summed E-state index contributed by atoms with van der Waals surface area (Å²) in [6.45, 7) is 0. The number of benzene rings is 1. The molecule has 0 heterocycles. The molecule has 2 aliphatic rings. The maximum absolute atomic E-state index is 6.04. The lowest BCUT2D eigenvalue weighted by atomic mass is 9.84. The topological polar surface area (TPSA) is 26.0 Å². The summed E-state index contributed by atoms with van der Waals surface area (Å²) in [7, 11) is 0. The lowest BCUT2D eigenvalue weighted by Gasteiger charge is -2.22. The first-order chi connectivity index (χ1) is 7.69. The summed E-state index contributed by atoms with van der Waals surface area (Å²) in [6.07, 6.45) is 9.09. The number of allylic oxidation sites excluding steroid dienone is 2. The van der Waals surface area contributed by atoms with Crippen molar-refractivity contribution in [2.45, 2.75) is 32.1 Å². The number of halogens is 1. The van der Waals surface area contributed by atoms with Gasteiger partial charge >= 0.3 is 0 Å². The Balaban J connectivity index is 1.92. The number of anilines is 1. The second-order valence-electron chi connectivity index (χ2n) is 5.17. The molecule has 2 heteroatoms. The molecule has 0 unspecified atom stereocenters. The first-order valence-electron chi connectivity index (χ1n) is 5.93. The van der Waals surface area contributed by atoms with E-state index in [1.807, 2.05) is 12.1 Å². The molecule has 16 heavy (non-hydrogen) atoms. The van der Waals surface area contributed by atoms with Crippen LogP contribution in [0.5, 0.6) is 0 Å². The Labute approximate surface area is 105 Å². The summed E-state index contributed by atoms with van der Waals surface area (Å²) < 4.78 is 1.12. The van der Waals surface area contributed by atoms with Crippen molar-refractivity contribution in [3.63, 3.8) is 0 Å². The van der Waals surface area contributed by atoms with Crippen molar-refractivity contribution in [2.24, 2.45) is 5.41 Å². The summed E-state index contributed by atoms with van der Waals surface area (Å²) in [4.78, 5) is 0. The highest BCUT2D eigenvalue weighted by molar-refractivity contribution is 9.10. The van der Waals surface area contributed by atoms with Gasteiger partial charge in [0, 0.05) is 15.7 Å². The molecule has 0 bridgehead atoms. The van der Waals surface area contributed by atoms with Crippen LogP contribution in [0, 0.1) is 5.41 Å². The second kappa shape index (κ2) is 3.63. The molecule has 1 spiro atoms. The van der Waals surface area contributed by atoms with Gasteiger partial charge in [0.15, 0.2) is 0 Å². The van der Waals surface area contributed by atoms with Gasteiger partial charge in [-0.05, 0) is 61.3 Å². The van der Waals surface area contributed by atoms with Crippen LogP contribution >= 0.6 is 15.9 Å². The smallest absolute Gasteiger partial charge is 0.0391 e. The average Bonchev–Trinajstić information content (AvgIpc) is 3.03. The van der Waals surface area contributed by atoms with Crippen LogP contribution in [-0.4, -0.2) is 0 Å². The highest BCUT2D eigenvalue weighted by Gasteiger charge is 2.42. The van der Waals surface area contributed by atoms with E-state index in [-0.39, 0.29) is 0 Å². The highest BCUT2D eigenvalue weighted by atomic mass is 79.9. The van der Waals surface area contributed by atoms with Crippen molar-refractivity contribution in [1.29, 1.82) is 0 Å². The molecule has 0 atom stereocenters. The Morgan fingerprint density at radius 3 is 2.62 bits per heavy atom.